The summed E-state index contributed by atoms with van der Waals surface area (Å²) >= 11 is 0. The highest BCUT2D eigenvalue weighted by atomic mass is 19.1. The highest BCUT2D eigenvalue weighted by molar-refractivity contribution is 5.96. The Morgan fingerprint density at radius 3 is 2.92 bits per heavy atom. The number of benzene rings is 2. The van der Waals surface area contributed by atoms with Gasteiger partial charge >= 0.3 is 0 Å². The van der Waals surface area contributed by atoms with Gasteiger partial charge in [-0.1, -0.05) is 6.07 Å². The van der Waals surface area contributed by atoms with Crippen LogP contribution in [0, 0.1) is 5.82 Å². The largest absolute Gasteiger partial charge is 0.492 e. The van der Waals surface area contributed by atoms with Crippen molar-refractivity contribution in [3.63, 3.8) is 0 Å². The molecular weight excluding hydrogens is 335 g/mol. The molecule has 3 rings (SSSR count). The van der Waals surface area contributed by atoms with Gasteiger partial charge in [0.15, 0.2) is 0 Å². The Balaban J connectivity index is 1.74. The number of amides is 1. The first-order chi connectivity index (χ1) is 12.5. The van der Waals surface area contributed by atoms with Crippen LogP contribution in [0.2, 0.25) is 0 Å². The number of hydrogen-bond acceptors (Lipinski definition) is 4. The van der Waals surface area contributed by atoms with Crippen LogP contribution in [0.1, 0.15) is 26.3 Å². The van der Waals surface area contributed by atoms with E-state index in [9.17, 15) is 9.18 Å². The minimum absolute atomic E-state index is 0.128. The summed E-state index contributed by atoms with van der Waals surface area (Å²) in [7, 11) is 0. The fourth-order valence-electron chi connectivity index (χ4n) is 2.94. The number of fused-ring (bicyclic) bond motifs is 1. The van der Waals surface area contributed by atoms with E-state index in [-0.39, 0.29) is 12.0 Å². The van der Waals surface area contributed by atoms with Crippen molar-refractivity contribution >= 4 is 17.3 Å². The van der Waals surface area contributed by atoms with Crippen LogP contribution in [-0.4, -0.2) is 24.7 Å². The third kappa shape index (κ3) is 4.07. The van der Waals surface area contributed by atoms with Gasteiger partial charge < -0.3 is 20.1 Å². The maximum atomic E-state index is 13.3. The van der Waals surface area contributed by atoms with Gasteiger partial charge in [-0.15, -0.1) is 0 Å². The lowest BCUT2D eigenvalue weighted by Crippen LogP contribution is -2.32. The summed E-state index contributed by atoms with van der Waals surface area (Å²) in [6.45, 7) is 6.19. The first-order valence-corrected chi connectivity index (χ1v) is 8.75. The molecule has 2 aromatic carbocycles. The molecule has 2 unspecified atom stereocenters. The second-order valence-corrected chi connectivity index (χ2v) is 6.39. The zero-order valence-electron chi connectivity index (χ0n) is 15.1. The number of ether oxygens (including phenoxy) is 2. The molecule has 6 heteroatoms. The number of nitrogens with one attached hydrogen (secondary N) is 2. The fraction of sp³-hybridized carbons (Fsp3) is 0.350. The first kappa shape index (κ1) is 18.0. The van der Waals surface area contributed by atoms with Gasteiger partial charge in [0, 0.05) is 23.7 Å². The van der Waals surface area contributed by atoms with E-state index in [1.54, 1.807) is 19.1 Å². The average molecular weight is 358 g/mol. The van der Waals surface area contributed by atoms with E-state index in [1.165, 1.54) is 12.1 Å². The van der Waals surface area contributed by atoms with Gasteiger partial charge in [-0.2, -0.15) is 0 Å². The van der Waals surface area contributed by atoms with E-state index in [4.69, 9.17) is 9.47 Å². The van der Waals surface area contributed by atoms with E-state index in [2.05, 4.69) is 10.6 Å². The van der Waals surface area contributed by atoms with E-state index in [0.717, 1.165) is 17.7 Å². The van der Waals surface area contributed by atoms with Crippen molar-refractivity contribution in [2.45, 2.75) is 39.3 Å². The second-order valence-electron chi connectivity index (χ2n) is 6.39. The van der Waals surface area contributed by atoms with E-state index >= 15 is 0 Å². The monoisotopic (exact) mass is 358 g/mol. The van der Waals surface area contributed by atoms with Gasteiger partial charge in [0.1, 0.15) is 29.5 Å². The van der Waals surface area contributed by atoms with Crippen molar-refractivity contribution in [2.24, 2.45) is 0 Å². The van der Waals surface area contributed by atoms with Crippen LogP contribution in [0.15, 0.2) is 36.4 Å². The van der Waals surface area contributed by atoms with Crippen LogP contribution < -0.4 is 20.1 Å². The number of rotatable bonds is 6. The Hall–Kier alpha value is -2.76. The molecule has 26 heavy (non-hydrogen) atoms. The summed E-state index contributed by atoms with van der Waals surface area (Å²) in [4.78, 5) is 12.4. The van der Waals surface area contributed by atoms with Crippen molar-refractivity contribution in [3.8, 4) is 11.5 Å². The Kier molecular flexibility index (Phi) is 5.30. The Bertz CT molecular complexity index is 810. The van der Waals surface area contributed by atoms with Crippen molar-refractivity contribution in [3.05, 3.63) is 47.8 Å². The fourth-order valence-corrected chi connectivity index (χ4v) is 2.94. The Labute approximate surface area is 152 Å². The number of halogens is 1. The second kappa shape index (κ2) is 7.64. The molecule has 1 heterocycles. The molecule has 2 aromatic rings. The molecule has 2 atom stereocenters. The molecule has 138 valence electrons. The van der Waals surface area contributed by atoms with Crippen LogP contribution in [-0.2, 0) is 11.2 Å². The molecule has 0 saturated carbocycles. The number of carbonyl (C=O) groups excluding carboxylic acids is 1. The molecule has 5 nitrogen and oxygen atoms in total. The van der Waals surface area contributed by atoms with Crippen molar-refractivity contribution < 1.29 is 18.7 Å². The summed E-state index contributed by atoms with van der Waals surface area (Å²) in [5, 5.41) is 5.86. The van der Waals surface area contributed by atoms with Crippen LogP contribution in [0.3, 0.4) is 0 Å². The van der Waals surface area contributed by atoms with E-state index in [0.29, 0.717) is 23.7 Å². The van der Waals surface area contributed by atoms with Gasteiger partial charge in [-0.3, -0.25) is 4.79 Å². The van der Waals surface area contributed by atoms with Crippen LogP contribution in [0.25, 0.3) is 0 Å². The zero-order chi connectivity index (χ0) is 18.7. The SMILES string of the molecule is CCOc1cc2c(cc1NC(C)C(=O)Nc1cccc(F)c1)OC(C)C2. The molecule has 0 aromatic heterocycles. The summed E-state index contributed by atoms with van der Waals surface area (Å²) in [6, 6.07) is 9.09. The molecule has 0 fully saturated rings. The molecule has 0 spiro atoms. The first-order valence-electron chi connectivity index (χ1n) is 8.75. The molecule has 1 aliphatic rings. The predicted molar refractivity (Wildman–Crippen MR) is 99.5 cm³/mol. The lowest BCUT2D eigenvalue weighted by Gasteiger charge is -2.19. The van der Waals surface area contributed by atoms with Crippen molar-refractivity contribution in [1.29, 1.82) is 0 Å². The quantitative estimate of drug-likeness (QED) is 0.820. The number of hydrogen-bond donors (Lipinski definition) is 2. The van der Waals surface area contributed by atoms with Gasteiger partial charge in [0.25, 0.3) is 0 Å². The highest BCUT2D eigenvalue weighted by Gasteiger charge is 2.23. The molecule has 0 bridgehead atoms. The summed E-state index contributed by atoms with van der Waals surface area (Å²) < 4.78 is 24.8. The lowest BCUT2D eigenvalue weighted by atomic mass is 10.1. The summed E-state index contributed by atoms with van der Waals surface area (Å²) in [5.74, 6) is 0.829. The summed E-state index contributed by atoms with van der Waals surface area (Å²) in [6.07, 6.45) is 0.967. The average Bonchev–Trinajstić information content (AvgIpc) is 2.94. The normalized spacial score (nSPS) is 16.4. The minimum atomic E-state index is -0.547. The van der Waals surface area contributed by atoms with Gasteiger partial charge in [-0.25, -0.2) is 4.39 Å². The lowest BCUT2D eigenvalue weighted by molar-refractivity contribution is -0.116. The van der Waals surface area contributed by atoms with Crippen molar-refractivity contribution in [1.82, 2.24) is 0 Å². The third-order valence-electron chi connectivity index (χ3n) is 4.16. The smallest absolute Gasteiger partial charge is 0.246 e. The maximum absolute atomic E-state index is 13.3. The van der Waals surface area contributed by atoms with Crippen LogP contribution >= 0.6 is 0 Å². The molecule has 1 amide bonds. The van der Waals surface area contributed by atoms with Crippen molar-refractivity contribution in [2.75, 3.05) is 17.2 Å². The van der Waals surface area contributed by atoms with E-state index in [1.807, 2.05) is 26.0 Å². The third-order valence-corrected chi connectivity index (χ3v) is 4.16. The summed E-state index contributed by atoms with van der Waals surface area (Å²) in [5.41, 5.74) is 2.21. The minimum Gasteiger partial charge on any atom is -0.492 e. The van der Waals surface area contributed by atoms with Gasteiger partial charge in [0.2, 0.25) is 5.91 Å². The Morgan fingerprint density at radius 2 is 2.19 bits per heavy atom. The van der Waals surface area contributed by atoms with Crippen LogP contribution in [0.5, 0.6) is 11.5 Å². The maximum Gasteiger partial charge on any atom is 0.246 e. The molecule has 0 saturated heterocycles. The number of anilines is 2. The Morgan fingerprint density at radius 1 is 1.38 bits per heavy atom. The zero-order valence-corrected chi connectivity index (χ0v) is 15.1. The standard InChI is InChI=1S/C20H23FN2O3/c1-4-25-19-9-14-8-12(2)26-18(14)11-17(19)22-13(3)20(24)23-16-7-5-6-15(21)10-16/h5-7,9-13,22H,4,8H2,1-3H3,(H,23,24). The topological polar surface area (TPSA) is 59.6 Å². The highest BCUT2D eigenvalue weighted by Crippen LogP contribution is 2.38. The predicted octanol–water partition coefficient (Wildman–Crippen LogP) is 3.99. The molecule has 0 radical (unpaired) electrons. The van der Waals surface area contributed by atoms with E-state index < -0.39 is 11.9 Å². The number of carbonyl (C=O) groups is 1. The molecule has 2 N–H and O–H groups in total. The van der Waals surface area contributed by atoms with Gasteiger partial charge in [-0.05, 0) is 45.0 Å². The van der Waals surface area contributed by atoms with Crippen LogP contribution in [0.4, 0.5) is 15.8 Å². The van der Waals surface area contributed by atoms with Gasteiger partial charge in [0.05, 0.1) is 12.3 Å². The molecule has 0 aliphatic carbocycles. The molecular formula is C20H23FN2O3. The molecule has 1 aliphatic heterocycles.